The summed E-state index contributed by atoms with van der Waals surface area (Å²) >= 11 is 0. The van der Waals surface area contributed by atoms with E-state index in [2.05, 4.69) is 235 Å². The summed E-state index contributed by atoms with van der Waals surface area (Å²) < 4.78 is 43.0. The molecule has 0 atom stereocenters. The Morgan fingerprint density at radius 1 is 0.238 bits per heavy atom. The molecule has 2 N–H and O–H groups in total. The summed E-state index contributed by atoms with van der Waals surface area (Å²) in [6.45, 7) is 17.2. The molecule has 4 aromatic carbocycles. The Labute approximate surface area is 789 Å². The molecule has 710 valence electrons. The molecule has 2 aliphatic heterocycles. The van der Waals surface area contributed by atoms with Gasteiger partial charge in [0.25, 0.3) is 0 Å². The Morgan fingerprint density at radius 2 is 0.454 bits per heavy atom. The number of fused-ring (bicyclic) bond motifs is 8. The zero-order valence-electron chi connectivity index (χ0n) is 83.2. The first-order valence-corrected chi connectivity index (χ1v) is 52.9. The fourth-order valence-corrected chi connectivity index (χ4v) is 17.7. The smallest absolute Gasteiger partial charge is 0.203 e. The Morgan fingerprint density at radius 3 is 0.692 bits per heavy atom. The molecule has 9 rings (SSSR count). The van der Waals surface area contributed by atoms with Crippen LogP contribution in [0.4, 0.5) is 11.4 Å². The van der Waals surface area contributed by atoms with Crippen LogP contribution >= 0.6 is 0 Å². The Balaban J connectivity index is 1.27. The van der Waals surface area contributed by atoms with Crippen LogP contribution in [0, 0.1) is 23.7 Å². The minimum absolute atomic E-state index is 0.559. The van der Waals surface area contributed by atoms with Gasteiger partial charge < -0.3 is 48.2 Å². The number of ether oxygens (including phenoxy) is 6. The first-order valence-electron chi connectivity index (χ1n) is 52.9. The number of hydrogen-bond donors (Lipinski definition) is 2. The molecule has 0 spiro atoms. The van der Waals surface area contributed by atoms with Crippen molar-refractivity contribution in [3.63, 3.8) is 0 Å². The summed E-state index contributed by atoms with van der Waals surface area (Å²) in [7, 11) is 8.30. The second kappa shape index (κ2) is 64.0. The lowest BCUT2D eigenvalue weighted by Gasteiger charge is -2.19. The van der Waals surface area contributed by atoms with Crippen molar-refractivity contribution >= 4 is 57.7 Å². The van der Waals surface area contributed by atoms with Gasteiger partial charge in [-0.25, -0.2) is 9.97 Å². The molecule has 12 heteroatoms. The molecule has 130 heavy (non-hydrogen) atoms. The Kier molecular flexibility index (Phi) is 51.5. The minimum Gasteiger partial charge on any atom is -0.490 e. The molecule has 3 aromatic heterocycles. The van der Waals surface area contributed by atoms with Gasteiger partial charge in [-0.05, 0) is 171 Å². The third kappa shape index (κ3) is 37.9. The van der Waals surface area contributed by atoms with Crippen LogP contribution in [0.5, 0.6) is 34.5 Å². The molecule has 0 radical (unpaired) electrons. The quantitative estimate of drug-likeness (QED) is 0.0282. The predicted molar refractivity (Wildman–Crippen MR) is 560 cm³/mol. The number of nitrogens with one attached hydrogen (secondary N) is 2. The number of benzene rings is 4. The van der Waals surface area contributed by atoms with Gasteiger partial charge in [-0.1, -0.05) is 373 Å². The fraction of sp³-hybridized carbons (Fsp3) is 0.593. The summed E-state index contributed by atoms with van der Waals surface area (Å²) in [6, 6.07) is 34.5. The maximum Gasteiger partial charge on any atom is 0.203 e. The molecule has 8 bridgehead atoms. The molecule has 0 fully saturated rings. The van der Waals surface area contributed by atoms with Gasteiger partial charge in [-0.2, -0.15) is 0 Å². The van der Waals surface area contributed by atoms with Gasteiger partial charge in [0.15, 0.2) is 23.0 Å². The van der Waals surface area contributed by atoms with E-state index in [4.69, 9.17) is 38.4 Å². The standard InChI is InChI=1S/C118H172N6O6/c1-11-17-23-29-35-41-47-53-59-85-125-111-91-97(92-112(126-86-60-54-48-42-36-30-24-18-12-2)117(111)129-89-63-57-51-45-39-33-27-21-15-5)115-107-81-77-103(119-107)101(75-69-95-65-71-99(72-66-95)123(7)8)105-79-83-109(121-105)116(110-84-80-106(122-110)102(104-78-82-108(115)120-104)76-70-96-67-73-100(74-68-96)124(9)10)98-93-113(127-87-61-55-49-43-37-31-25-19-13-3)118(130-90-64-58-52-46-40-34-28-22-16-6)114(94-98)128-88-62-56-50-44-38-32-26-20-14-4/h65-68,71-74,77-84,91-94,119,122H,11-64,85-90H2,1-10H3. The van der Waals surface area contributed by atoms with E-state index >= 15 is 0 Å². The molecule has 0 unspecified atom stereocenters. The number of hydrogen-bond acceptors (Lipinski definition) is 10. The van der Waals surface area contributed by atoms with E-state index in [1.54, 1.807) is 0 Å². The molecule has 0 saturated carbocycles. The molecule has 5 heterocycles. The third-order valence-corrected chi connectivity index (χ3v) is 25.8. The van der Waals surface area contributed by atoms with E-state index in [0.717, 1.165) is 178 Å². The highest BCUT2D eigenvalue weighted by atomic mass is 16.5. The van der Waals surface area contributed by atoms with Gasteiger partial charge >= 0.3 is 0 Å². The SMILES string of the molecule is CCCCCCCCCCCOc1cc(-c2c3nc(c(C#Cc4ccc(N(C)C)cc4)c4ccc([nH]4)c(-c4cc(OCCCCCCCCCCC)c(OCCCCCCCCCCC)c(OCCCCCCCCCCC)c4)c4nc(c(C#Cc5ccc(N(C)C)cc5)c5ccc2[nH]5)C=C4)C=C3)cc(OCCCCCCCCCCC)c1OCCCCCCCCCCC. The summed E-state index contributed by atoms with van der Waals surface area (Å²) in [5.74, 6) is 19.0. The molecule has 0 amide bonds. The topological polar surface area (TPSA) is 119 Å². The molecule has 0 saturated heterocycles. The number of aromatic amines is 2. The van der Waals surface area contributed by atoms with Crippen molar-refractivity contribution in [2.75, 3.05) is 77.6 Å². The highest BCUT2D eigenvalue weighted by Gasteiger charge is 2.25. The number of rotatable bonds is 70. The largest absolute Gasteiger partial charge is 0.490 e. The fourth-order valence-electron chi connectivity index (χ4n) is 17.7. The van der Waals surface area contributed by atoms with Crippen LogP contribution in [0.1, 0.15) is 433 Å². The first kappa shape index (κ1) is 105. The van der Waals surface area contributed by atoms with Crippen LogP contribution < -0.4 is 38.2 Å². The lowest BCUT2D eigenvalue weighted by molar-refractivity contribution is 0.234. The number of anilines is 2. The lowest BCUT2D eigenvalue weighted by atomic mass is 10.0. The predicted octanol–water partition coefficient (Wildman–Crippen LogP) is 34.4. The van der Waals surface area contributed by atoms with E-state index in [0.29, 0.717) is 74.1 Å². The van der Waals surface area contributed by atoms with Crippen LogP contribution in [0.15, 0.2) is 97.1 Å². The van der Waals surface area contributed by atoms with E-state index in [9.17, 15) is 0 Å². The first-order chi connectivity index (χ1) is 64.0. The van der Waals surface area contributed by atoms with Crippen molar-refractivity contribution in [1.29, 1.82) is 0 Å². The zero-order valence-corrected chi connectivity index (χ0v) is 83.2. The number of H-pyrrole nitrogens is 2. The third-order valence-electron chi connectivity index (χ3n) is 25.8. The van der Waals surface area contributed by atoms with Gasteiger partial charge in [0, 0.05) is 72.9 Å². The number of nitrogens with zero attached hydrogens (tertiary/aromatic N) is 4. The average molecular weight is 1770 g/mol. The van der Waals surface area contributed by atoms with Crippen molar-refractivity contribution < 1.29 is 28.4 Å². The van der Waals surface area contributed by atoms with Gasteiger partial charge in [0.2, 0.25) is 11.5 Å². The summed E-state index contributed by atoms with van der Waals surface area (Å²) in [4.78, 5) is 24.0. The Bertz CT molecular complexity index is 4290. The lowest BCUT2D eigenvalue weighted by Crippen LogP contribution is -2.07. The van der Waals surface area contributed by atoms with E-state index in [-0.39, 0.29) is 0 Å². The van der Waals surface area contributed by atoms with E-state index in [1.807, 2.05) is 0 Å². The summed E-state index contributed by atoms with van der Waals surface area (Å²) in [6.07, 6.45) is 74.8. The molecule has 7 aromatic rings. The van der Waals surface area contributed by atoms with Crippen LogP contribution in [-0.2, 0) is 0 Å². The second-order valence-electron chi connectivity index (χ2n) is 37.5. The van der Waals surface area contributed by atoms with Crippen LogP contribution in [0.25, 0.3) is 68.6 Å². The maximum absolute atomic E-state index is 7.19. The number of aromatic nitrogens is 4. The van der Waals surface area contributed by atoms with Crippen molar-refractivity contribution in [3.8, 4) is 80.4 Å². The second-order valence-corrected chi connectivity index (χ2v) is 37.5. The normalized spacial score (nSPS) is 11.6. The van der Waals surface area contributed by atoms with Crippen molar-refractivity contribution in [2.45, 2.75) is 388 Å². The van der Waals surface area contributed by atoms with Crippen molar-refractivity contribution in [2.24, 2.45) is 0 Å². The van der Waals surface area contributed by atoms with Crippen LogP contribution in [-0.4, -0.2) is 87.8 Å². The molecular weight excluding hydrogens is 1600 g/mol. The van der Waals surface area contributed by atoms with Gasteiger partial charge in [0.1, 0.15) is 0 Å². The molecule has 2 aliphatic rings. The highest BCUT2D eigenvalue weighted by Crippen LogP contribution is 2.47. The molecule has 0 aliphatic carbocycles. The van der Waals surface area contributed by atoms with E-state index < -0.39 is 0 Å². The van der Waals surface area contributed by atoms with Crippen molar-refractivity contribution in [1.82, 2.24) is 19.9 Å². The Hall–Kier alpha value is -9.00. The van der Waals surface area contributed by atoms with Crippen LogP contribution in [0.3, 0.4) is 0 Å². The van der Waals surface area contributed by atoms with Crippen LogP contribution in [0.2, 0.25) is 0 Å². The summed E-state index contributed by atoms with van der Waals surface area (Å²) in [5, 5.41) is 0. The summed E-state index contributed by atoms with van der Waals surface area (Å²) in [5.41, 5.74) is 15.3. The highest BCUT2D eigenvalue weighted by molar-refractivity contribution is 5.96. The van der Waals surface area contributed by atoms with Gasteiger partial charge in [0.05, 0.1) is 84.6 Å². The molecule has 12 nitrogen and oxygen atoms in total. The number of unbranched alkanes of at least 4 members (excludes halogenated alkanes) is 48. The van der Waals surface area contributed by atoms with Gasteiger partial charge in [-0.3, -0.25) is 0 Å². The van der Waals surface area contributed by atoms with Crippen molar-refractivity contribution in [3.05, 3.63) is 142 Å². The molecular formula is C118H172N6O6. The van der Waals surface area contributed by atoms with Gasteiger partial charge in [-0.15, -0.1) is 0 Å². The maximum atomic E-state index is 7.19. The van der Waals surface area contributed by atoms with E-state index in [1.165, 1.54) is 270 Å². The average Bonchev–Trinajstić information content (AvgIpc) is 1.52. The zero-order chi connectivity index (χ0) is 91.5. The monoisotopic (exact) mass is 1770 g/mol. The minimum atomic E-state index is 0.559.